The van der Waals surface area contributed by atoms with E-state index in [4.69, 9.17) is 0 Å². The third-order valence-corrected chi connectivity index (χ3v) is 8.38. The number of nitrogens with zero attached hydrogens (tertiary/aromatic N) is 3. The maximum atomic E-state index is 12.7. The zero-order valence-corrected chi connectivity index (χ0v) is 19.5. The van der Waals surface area contributed by atoms with Crippen molar-refractivity contribution in [3.8, 4) is 0 Å². The largest absolute Gasteiger partial charge is 0.310 e. The van der Waals surface area contributed by atoms with Crippen molar-refractivity contribution in [1.29, 1.82) is 0 Å². The molecule has 0 saturated heterocycles. The van der Waals surface area contributed by atoms with Gasteiger partial charge in [0.05, 0.1) is 11.1 Å². The summed E-state index contributed by atoms with van der Waals surface area (Å²) in [6, 6.07) is 0.508. The molecule has 0 aromatic carbocycles. The number of fused-ring (bicyclic) bond motifs is 4. The van der Waals surface area contributed by atoms with Gasteiger partial charge in [0, 0.05) is 48.1 Å². The Bertz CT molecular complexity index is 1190. The number of H-pyrrole nitrogens is 1. The molecule has 3 aromatic heterocycles. The number of carbonyl (C=O) groups excluding carboxylic acids is 1. The van der Waals surface area contributed by atoms with E-state index in [0.29, 0.717) is 23.4 Å². The minimum absolute atomic E-state index is 0.0675. The highest BCUT2D eigenvalue weighted by molar-refractivity contribution is 7.18. The first-order valence-electron chi connectivity index (χ1n) is 11.0. The number of thiophene rings is 1. The molecule has 1 aliphatic heterocycles. The molecule has 0 bridgehead atoms. The second-order valence-electron chi connectivity index (χ2n) is 8.65. The number of carbonyl (C=O) groups is 1. The lowest BCUT2D eigenvalue weighted by atomic mass is 9.97. The minimum atomic E-state index is -0.0972. The molecule has 0 radical (unpaired) electrons. The van der Waals surface area contributed by atoms with Gasteiger partial charge < -0.3 is 10.3 Å². The van der Waals surface area contributed by atoms with Gasteiger partial charge >= 0.3 is 0 Å². The normalized spacial score (nSPS) is 16.5. The maximum absolute atomic E-state index is 12.7. The summed E-state index contributed by atoms with van der Waals surface area (Å²) < 4.78 is 0. The third-order valence-electron chi connectivity index (χ3n) is 6.20. The molecule has 164 valence electrons. The standard InChI is InChI=1S/C22H27N5O2S2/c1-12(2)27-10-9-14-16(11-27)31-22(23-14)26-18(28)8-7-17-24-20(29)19-13-5-3-4-6-15(13)30-21(19)25-17/h12H,3-11H2,1-2H3,(H,23,26,28)(H,24,25,29). The van der Waals surface area contributed by atoms with Gasteiger partial charge in [-0.25, -0.2) is 9.97 Å². The van der Waals surface area contributed by atoms with Gasteiger partial charge in [0.2, 0.25) is 5.91 Å². The van der Waals surface area contributed by atoms with Crippen molar-refractivity contribution >= 4 is 43.9 Å². The van der Waals surface area contributed by atoms with E-state index in [1.165, 1.54) is 21.7 Å². The van der Waals surface area contributed by atoms with E-state index in [1.807, 2.05) is 0 Å². The number of thiazole rings is 1. The van der Waals surface area contributed by atoms with Crippen molar-refractivity contribution in [1.82, 2.24) is 19.9 Å². The molecule has 0 spiro atoms. The van der Waals surface area contributed by atoms with Crippen LogP contribution in [0.15, 0.2) is 4.79 Å². The molecule has 7 nitrogen and oxygen atoms in total. The molecule has 1 amide bonds. The summed E-state index contributed by atoms with van der Waals surface area (Å²) in [5.74, 6) is 0.484. The SMILES string of the molecule is CC(C)N1CCc2nc(NC(=O)CCc3nc4sc5c(c4c(=O)[nH]3)CCCC5)sc2C1. The Balaban J connectivity index is 1.24. The molecule has 2 N–H and O–H groups in total. The number of nitrogens with one attached hydrogen (secondary N) is 2. The quantitative estimate of drug-likeness (QED) is 0.610. The fourth-order valence-corrected chi connectivity index (χ4v) is 6.78. The first-order chi connectivity index (χ1) is 15.0. The van der Waals surface area contributed by atoms with Crippen molar-refractivity contribution in [2.45, 2.75) is 71.4 Å². The van der Waals surface area contributed by atoms with Gasteiger partial charge in [-0.1, -0.05) is 0 Å². The van der Waals surface area contributed by atoms with Crippen molar-refractivity contribution < 1.29 is 4.79 Å². The predicted molar refractivity (Wildman–Crippen MR) is 125 cm³/mol. The highest BCUT2D eigenvalue weighted by Gasteiger charge is 2.23. The smallest absolute Gasteiger partial charge is 0.259 e. The molecule has 0 fully saturated rings. The summed E-state index contributed by atoms with van der Waals surface area (Å²) in [6.07, 6.45) is 5.93. The molecule has 0 atom stereocenters. The predicted octanol–water partition coefficient (Wildman–Crippen LogP) is 3.66. The van der Waals surface area contributed by atoms with Crippen molar-refractivity contribution in [2.75, 3.05) is 11.9 Å². The van der Waals surface area contributed by atoms with Crippen LogP contribution in [0.25, 0.3) is 10.2 Å². The van der Waals surface area contributed by atoms with Crippen molar-refractivity contribution in [3.63, 3.8) is 0 Å². The Hall–Kier alpha value is -2.10. The van der Waals surface area contributed by atoms with E-state index >= 15 is 0 Å². The number of aromatic nitrogens is 3. The summed E-state index contributed by atoms with van der Waals surface area (Å²) in [6.45, 7) is 6.32. The van der Waals surface area contributed by atoms with Crippen LogP contribution in [-0.4, -0.2) is 38.3 Å². The van der Waals surface area contributed by atoms with Crippen molar-refractivity contribution in [2.24, 2.45) is 0 Å². The molecular formula is C22H27N5O2S2. The molecule has 0 unspecified atom stereocenters. The zero-order chi connectivity index (χ0) is 21.5. The monoisotopic (exact) mass is 457 g/mol. The average molecular weight is 458 g/mol. The van der Waals surface area contributed by atoms with Crippen LogP contribution >= 0.6 is 22.7 Å². The second kappa shape index (κ2) is 8.44. The van der Waals surface area contributed by atoms with Gasteiger partial charge in [-0.3, -0.25) is 14.5 Å². The molecule has 5 rings (SSSR count). The molecule has 9 heteroatoms. The van der Waals surface area contributed by atoms with Crippen LogP contribution in [0.2, 0.25) is 0 Å². The first-order valence-corrected chi connectivity index (χ1v) is 12.7. The maximum Gasteiger partial charge on any atom is 0.259 e. The van der Waals surface area contributed by atoms with E-state index in [1.54, 1.807) is 22.7 Å². The first kappa shape index (κ1) is 20.8. The average Bonchev–Trinajstić information content (AvgIpc) is 3.31. The van der Waals surface area contributed by atoms with Crippen LogP contribution in [0.4, 0.5) is 5.13 Å². The van der Waals surface area contributed by atoms with Gasteiger partial charge in [0.25, 0.3) is 5.56 Å². The minimum Gasteiger partial charge on any atom is -0.310 e. The van der Waals surface area contributed by atoms with E-state index in [0.717, 1.165) is 54.7 Å². The van der Waals surface area contributed by atoms with Crippen LogP contribution in [0.3, 0.4) is 0 Å². The number of anilines is 1. The van der Waals surface area contributed by atoms with Crippen molar-refractivity contribution in [3.05, 3.63) is 37.2 Å². The summed E-state index contributed by atoms with van der Waals surface area (Å²) in [4.78, 5) is 43.1. The summed E-state index contributed by atoms with van der Waals surface area (Å²) in [5.41, 5.74) is 2.23. The fraction of sp³-hybridized carbons (Fsp3) is 0.545. The van der Waals surface area contributed by atoms with Crippen LogP contribution in [0.5, 0.6) is 0 Å². The molecule has 31 heavy (non-hydrogen) atoms. The van der Waals surface area contributed by atoms with E-state index in [9.17, 15) is 9.59 Å². The number of hydrogen-bond donors (Lipinski definition) is 2. The molecule has 0 saturated carbocycles. The lowest BCUT2D eigenvalue weighted by Crippen LogP contribution is -2.35. The van der Waals surface area contributed by atoms with Crippen LogP contribution < -0.4 is 10.9 Å². The Labute approximate surface area is 188 Å². The van der Waals surface area contributed by atoms with Crippen LogP contribution in [-0.2, 0) is 37.0 Å². The van der Waals surface area contributed by atoms with E-state index in [-0.39, 0.29) is 17.9 Å². The molecular weight excluding hydrogens is 430 g/mol. The molecule has 1 aliphatic carbocycles. The molecule has 3 aromatic rings. The fourth-order valence-electron chi connectivity index (χ4n) is 4.45. The lowest BCUT2D eigenvalue weighted by Gasteiger charge is -2.29. The number of amides is 1. The van der Waals surface area contributed by atoms with Gasteiger partial charge in [-0.05, 0) is 45.1 Å². The molecule has 4 heterocycles. The lowest BCUT2D eigenvalue weighted by molar-refractivity contribution is -0.116. The highest BCUT2D eigenvalue weighted by Crippen LogP contribution is 2.33. The molecule has 2 aliphatic rings. The summed E-state index contributed by atoms with van der Waals surface area (Å²) in [7, 11) is 0. The topological polar surface area (TPSA) is 91.0 Å². The van der Waals surface area contributed by atoms with Gasteiger partial charge in [0.1, 0.15) is 10.7 Å². The number of hydrogen-bond acceptors (Lipinski definition) is 7. The van der Waals surface area contributed by atoms with E-state index < -0.39 is 0 Å². The van der Waals surface area contributed by atoms with E-state index in [2.05, 4.69) is 39.0 Å². The number of rotatable bonds is 5. The summed E-state index contributed by atoms with van der Waals surface area (Å²) >= 11 is 3.21. The third kappa shape index (κ3) is 4.18. The second-order valence-corrected chi connectivity index (χ2v) is 10.8. The van der Waals surface area contributed by atoms with Crippen LogP contribution in [0.1, 0.15) is 59.9 Å². The van der Waals surface area contributed by atoms with Gasteiger partial charge in [-0.2, -0.15) is 0 Å². The Morgan fingerprint density at radius 3 is 2.84 bits per heavy atom. The Morgan fingerprint density at radius 2 is 2.00 bits per heavy atom. The number of aromatic amines is 1. The van der Waals surface area contributed by atoms with Gasteiger partial charge in [0.15, 0.2) is 5.13 Å². The highest BCUT2D eigenvalue weighted by atomic mass is 32.1. The number of aryl methyl sites for hydroxylation is 3. The van der Waals surface area contributed by atoms with Gasteiger partial charge in [-0.15, -0.1) is 22.7 Å². The zero-order valence-electron chi connectivity index (χ0n) is 17.9. The van der Waals surface area contributed by atoms with Crippen LogP contribution in [0, 0.1) is 0 Å². The Morgan fingerprint density at radius 1 is 1.16 bits per heavy atom. The Kier molecular flexibility index (Phi) is 5.66. The summed E-state index contributed by atoms with van der Waals surface area (Å²) in [5, 5.41) is 4.37.